The van der Waals surface area contributed by atoms with E-state index in [2.05, 4.69) is 5.32 Å². The van der Waals surface area contributed by atoms with Gasteiger partial charge in [-0.3, -0.25) is 9.59 Å². The van der Waals surface area contributed by atoms with Crippen molar-refractivity contribution in [3.8, 4) is 0 Å². The number of piperidine rings is 1. The van der Waals surface area contributed by atoms with Crippen LogP contribution in [-0.4, -0.2) is 35.5 Å². The molecule has 0 spiro atoms. The van der Waals surface area contributed by atoms with Gasteiger partial charge >= 0.3 is 5.97 Å². The number of carbonyl (C=O) groups is 3. The zero-order valence-corrected chi connectivity index (χ0v) is 15.1. The molecule has 1 fully saturated rings. The number of aryl methyl sites for hydroxylation is 1. The van der Waals surface area contributed by atoms with Crippen LogP contribution in [0.2, 0.25) is 0 Å². The van der Waals surface area contributed by atoms with E-state index in [1.54, 1.807) is 17.0 Å². The average molecular weight is 366 g/mol. The predicted molar refractivity (Wildman–Crippen MR) is 102 cm³/mol. The van der Waals surface area contributed by atoms with E-state index in [1.165, 1.54) is 12.1 Å². The van der Waals surface area contributed by atoms with Crippen molar-refractivity contribution >= 4 is 23.5 Å². The van der Waals surface area contributed by atoms with Gasteiger partial charge in [-0.25, -0.2) is 4.79 Å². The maximum atomic E-state index is 12.8. The van der Waals surface area contributed by atoms with Crippen LogP contribution in [0.3, 0.4) is 0 Å². The third-order valence-corrected chi connectivity index (χ3v) is 4.66. The van der Waals surface area contributed by atoms with Crippen LogP contribution in [0, 0.1) is 6.92 Å². The fourth-order valence-corrected chi connectivity index (χ4v) is 3.24. The van der Waals surface area contributed by atoms with Crippen LogP contribution >= 0.6 is 0 Å². The Hall–Kier alpha value is -3.15. The molecule has 1 atom stereocenters. The van der Waals surface area contributed by atoms with Crippen molar-refractivity contribution in [3.05, 3.63) is 65.2 Å². The van der Waals surface area contributed by atoms with Gasteiger partial charge in [-0.1, -0.05) is 29.8 Å². The third-order valence-electron chi connectivity index (χ3n) is 4.66. The molecule has 0 aromatic heterocycles. The molecule has 0 aliphatic carbocycles. The number of nitrogens with zero attached hydrogens (tertiary/aromatic N) is 1. The summed E-state index contributed by atoms with van der Waals surface area (Å²) in [4.78, 5) is 37.9. The fraction of sp³-hybridized carbons (Fsp3) is 0.286. The van der Waals surface area contributed by atoms with Crippen molar-refractivity contribution in [2.24, 2.45) is 0 Å². The van der Waals surface area contributed by atoms with Crippen LogP contribution in [0.4, 0.5) is 5.69 Å². The van der Waals surface area contributed by atoms with Crippen LogP contribution in [-0.2, 0) is 16.0 Å². The molecule has 2 amide bonds. The van der Waals surface area contributed by atoms with E-state index in [4.69, 9.17) is 5.11 Å². The molecule has 1 aliphatic rings. The van der Waals surface area contributed by atoms with Crippen molar-refractivity contribution in [1.82, 2.24) is 5.32 Å². The van der Waals surface area contributed by atoms with Gasteiger partial charge in [-0.15, -0.1) is 0 Å². The summed E-state index contributed by atoms with van der Waals surface area (Å²) in [5, 5.41) is 11.8. The van der Waals surface area contributed by atoms with Gasteiger partial charge in [0.05, 0.1) is 12.0 Å². The average Bonchev–Trinajstić information content (AvgIpc) is 2.64. The van der Waals surface area contributed by atoms with Crippen molar-refractivity contribution in [2.75, 3.05) is 11.4 Å². The summed E-state index contributed by atoms with van der Waals surface area (Å²) in [7, 11) is 0. The lowest BCUT2D eigenvalue weighted by Gasteiger charge is -2.32. The maximum absolute atomic E-state index is 12.8. The second kappa shape index (κ2) is 8.03. The topological polar surface area (TPSA) is 86.7 Å². The Kier molecular flexibility index (Phi) is 5.54. The fourth-order valence-electron chi connectivity index (χ4n) is 3.24. The molecule has 27 heavy (non-hydrogen) atoms. The molecule has 1 aliphatic heterocycles. The van der Waals surface area contributed by atoms with Crippen molar-refractivity contribution in [2.45, 2.75) is 32.2 Å². The molecule has 0 saturated carbocycles. The number of benzene rings is 2. The van der Waals surface area contributed by atoms with Crippen molar-refractivity contribution in [3.63, 3.8) is 0 Å². The Balaban J connectivity index is 1.65. The van der Waals surface area contributed by atoms with Gasteiger partial charge in [-0.2, -0.15) is 0 Å². The number of amides is 2. The number of aromatic carboxylic acids is 1. The first kappa shape index (κ1) is 18.6. The molecule has 6 nitrogen and oxygen atoms in total. The molecule has 1 saturated heterocycles. The Morgan fingerprint density at radius 3 is 2.63 bits per heavy atom. The molecule has 6 heteroatoms. The summed E-state index contributed by atoms with van der Waals surface area (Å²) in [6.07, 6.45) is 1.44. The first-order chi connectivity index (χ1) is 12.9. The third kappa shape index (κ3) is 4.53. The summed E-state index contributed by atoms with van der Waals surface area (Å²) in [5.74, 6) is -1.44. The van der Waals surface area contributed by atoms with Crippen molar-refractivity contribution < 1.29 is 19.5 Å². The number of carbonyl (C=O) groups excluding carboxylic acids is 2. The second-order valence-electron chi connectivity index (χ2n) is 6.77. The highest BCUT2D eigenvalue weighted by atomic mass is 16.4. The first-order valence-corrected chi connectivity index (χ1v) is 8.93. The van der Waals surface area contributed by atoms with E-state index in [0.29, 0.717) is 18.5 Å². The summed E-state index contributed by atoms with van der Waals surface area (Å²) < 4.78 is 0. The minimum atomic E-state index is -1.03. The molecule has 0 bridgehead atoms. The lowest BCUT2D eigenvalue weighted by atomic mass is 10.0. The van der Waals surface area contributed by atoms with Gasteiger partial charge in [0.15, 0.2) is 0 Å². The lowest BCUT2D eigenvalue weighted by Crippen LogP contribution is -2.52. The number of rotatable bonds is 5. The monoisotopic (exact) mass is 366 g/mol. The number of hydrogen-bond acceptors (Lipinski definition) is 3. The van der Waals surface area contributed by atoms with Crippen LogP contribution in [0.25, 0.3) is 0 Å². The number of nitrogens with one attached hydrogen (secondary N) is 1. The van der Waals surface area contributed by atoms with Gasteiger partial charge < -0.3 is 15.3 Å². The number of hydrogen-bond donors (Lipinski definition) is 2. The summed E-state index contributed by atoms with van der Waals surface area (Å²) in [5.41, 5.74) is 2.70. The number of anilines is 1. The zero-order chi connectivity index (χ0) is 19.4. The molecule has 3 rings (SSSR count). The first-order valence-electron chi connectivity index (χ1n) is 8.93. The van der Waals surface area contributed by atoms with E-state index in [0.717, 1.165) is 17.7 Å². The van der Waals surface area contributed by atoms with Crippen molar-refractivity contribution in [1.29, 1.82) is 0 Å². The molecule has 1 heterocycles. The van der Waals surface area contributed by atoms with E-state index < -0.39 is 12.0 Å². The lowest BCUT2D eigenvalue weighted by molar-refractivity contribution is -0.128. The zero-order valence-electron chi connectivity index (χ0n) is 15.1. The van der Waals surface area contributed by atoms with E-state index in [9.17, 15) is 14.4 Å². The molecule has 2 aromatic rings. The molecule has 0 radical (unpaired) electrons. The minimum Gasteiger partial charge on any atom is -0.478 e. The second-order valence-corrected chi connectivity index (χ2v) is 6.77. The van der Waals surface area contributed by atoms with Crippen LogP contribution in [0.1, 0.15) is 34.3 Å². The smallest absolute Gasteiger partial charge is 0.335 e. The Morgan fingerprint density at radius 2 is 1.93 bits per heavy atom. The summed E-state index contributed by atoms with van der Waals surface area (Å²) >= 11 is 0. The summed E-state index contributed by atoms with van der Waals surface area (Å²) in [6.45, 7) is 2.62. The molecular weight excluding hydrogens is 344 g/mol. The quantitative estimate of drug-likeness (QED) is 0.851. The van der Waals surface area contributed by atoms with Gasteiger partial charge in [0.2, 0.25) is 11.8 Å². The maximum Gasteiger partial charge on any atom is 0.335 e. The van der Waals surface area contributed by atoms with Gasteiger partial charge in [0.1, 0.15) is 6.04 Å². The van der Waals surface area contributed by atoms with Gasteiger partial charge in [-0.05, 0) is 49.6 Å². The Labute approximate surface area is 157 Å². The van der Waals surface area contributed by atoms with Gasteiger partial charge in [0, 0.05) is 12.2 Å². The van der Waals surface area contributed by atoms with E-state index in [-0.39, 0.29) is 23.8 Å². The highest BCUT2D eigenvalue weighted by Crippen LogP contribution is 2.21. The largest absolute Gasteiger partial charge is 0.478 e. The van der Waals surface area contributed by atoms with E-state index in [1.807, 2.05) is 31.2 Å². The highest BCUT2D eigenvalue weighted by molar-refractivity contribution is 6.00. The summed E-state index contributed by atoms with van der Waals surface area (Å²) in [6, 6.07) is 13.4. The predicted octanol–water partition coefficient (Wildman–Crippen LogP) is 2.55. The van der Waals surface area contributed by atoms with Crippen LogP contribution in [0.5, 0.6) is 0 Å². The molecular formula is C21H22N2O4. The highest BCUT2D eigenvalue weighted by Gasteiger charge is 2.30. The SMILES string of the molecule is Cc1ccc(N2CCCC(NC(=O)Cc3cccc(C(=O)O)c3)C2=O)cc1. The molecule has 2 aromatic carbocycles. The normalized spacial score (nSPS) is 16.9. The standard InChI is InChI=1S/C21H22N2O4/c1-14-7-9-17(10-8-14)23-11-3-6-18(20(23)25)22-19(24)13-15-4-2-5-16(12-15)21(26)27/h2,4-5,7-10,12,18H,3,6,11,13H2,1H3,(H,22,24)(H,26,27). The number of carboxylic acids is 1. The minimum absolute atomic E-state index is 0.0371. The molecule has 2 N–H and O–H groups in total. The molecule has 140 valence electrons. The van der Waals surface area contributed by atoms with Crippen LogP contribution < -0.4 is 10.2 Å². The van der Waals surface area contributed by atoms with Crippen LogP contribution in [0.15, 0.2) is 48.5 Å². The Morgan fingerprint density at radius 1 is 1.19 bits per heavy atom. The number of carboxylic acid groups (broad SMARTS) is 1. The Bertz CT molecular complexity index is 861. The van der Waals surface area contributed by atoms with Gasteiger partial charge in [0.25, 0.3) is 0 Å². The van der Waals surface area contributed by atoms with E-state index >= 15 is 0 Å². The molecule has 1 unspecified atom stereocenters.